The number of hydrogen-bond donors (Lipinski definition) is 1. The number of aromatic nitrogens is 5. The van der Waals surface area contributed by atoms with Crippen LogP contribution < -0.4 is 5.32 Å². The summed E-state index contributed by atoms with van der Waals surface area (Å²) < 4.78 is 16.4. The number of benzene rings is 2. The first-order chi connectivity index (χ1) is 17.1. The van der Waals surface area contributed by atoms with Crippen LogP contribution in [0.4, 0.5) is 4.39 Å². The molecule has 10 heteroatoms. The lowest BCUT2D eigenvalue weighted by Crippen LogP contribution is -2.27. The molecule has 9 nitrogen and oxygen atoms in total. The molecule has 1 N–H and O–H groups in total. The minimum absolute atomic E-state index is 0.0650. The Morgan fingerprint density at radius 1 is 1.09 bits per heavy atom. The molecule has 0 unspecified atom stereocenters. The zero-order chi connectivity index (χ0) is 24.2. The maximum absolute atomic E-state index is 14.7. The van der Waals surface area contributed by atoms with Gasteiger partial charge in [-0.2, -0.15) is 0 Å². The van der Waals surface area contributed by atoms with Gasteiger partial charge in [-0.05, 0) is 48.0 Å². The lowest BCUT2D eigenvalue weighted by atomic mass is 10.1. The highest BCUT2D eigenvalue weighted by Crippen LogP contribution is 2.23. The van der Waals surface area contributed by atoms with Crippen LogP contribution in [-0.4, -0.2) is 51.1 Å². The number of hydrogen-bond acceptors (Lipinski definition) is 7. The van der Waals surface area contributed by atoms with Gasteiger partial charge < -0.3 is 5.32 Å². The number of rotatable bonds is 8. The van der Waals surface area contributed by atoms with E-state index in [9.17, 15) is 9.18 Å². The van der Waals surface area contributed by atoms with Crippen LogP contribution in [0.25, 0.3) is 33.3 Å². The van der Waals surface area contributed by atoms with Gasteiger partial charge in [0.1, 0.15) is 11.3 Å². The molecular formula is C25H21FN6O3. The van der Waals surface area contributed by atoms with E-state index in [2.05, 4.69) is 41.4 Å². The van der Waals surface area contributed by atoms with Crippen molar-refractivity contribution in [2.75, 3.05) is 20.3 Å². The predicted molar refractivity (Wildman–Crippen MR) is 127 cm³/mol. The summed E-state index contributed by atoms with van der Waals surface area (Å²) in [5.41, 5.74) is 4.17. The molecule has 0 aliphatic heterocycles. The van der Waals surface area contributed by atoms with Gasteiger partial charge in [0.15, 0.2) is 5.65 Å². The number of carbonyl (C=O) groups is 1. The van der Waals surface area contributed by atoms with Crippen LogP contribution in [0, 0.1) is 5.82 Å². The van der Waals surface area contributed by atoms with E-state index in [1.165, 1.54) is 19.2 Å². The van der Waals surface area contributed by atoms with Gasteiger partial charge in [0.2, 0.25) is 0 Å². The van der Waals surface area contributed by atoms with Crippen molar-refractivity contribution in [1.29, 1.82) is 0 Å². The molecule has 0 saturated carbocycles. The number of halogens is 1. The van der Waals surface area contributed by atoms with E-state index in [-0.39, 0.29) is 18.7 Å². The highest BCUT2D eigenvalue weighted by Gasteiger charge is 2.15. The molecule has 5 rings (SSSR count). The third-order valence-electron chi connectivity index (χ3n) is 5.46. The van der Waals surface area contributed by atoms with Crippen LogP contribution >= 0.6 is 0 Å². The summed E-state index contributed by atoms with van der Waals surface area (Å²) in [5.74, 6) is -1.18. The normalized spacial score (nSPS) is 11.3. The zero-order valence-electron chi connectivity index (χ0n) is 18.8. The molecule has 0 radical (unpaired) electrons. The molecule has 0 saturated heterocycles. The molecule has 1 amide bonds. The molecule has 176 valence electrons. The maximum atomic E-state index is 14.7. The summed E-state index contributed by atoms with van der Waals surface area (Å²) in [6, 6.07) is 17.8. The maximum Gasteiger partial charge on any atom is 0.254 e. The van der Waals surface area contributed by atoms with Crippen molar-refractivity contribution >= 4 is 28.0 Å². The predicted octanol–water partition coefficient (Wildman–Crippen LogP) is 3.54. The molecule has 0 fully saturated rings. The van der Waals surface area contributed by atoms with Gasteiger partial charge in [0.25, 0.3) is 5.91 Å². The number of carbonyl (C=O) groups excluding carboxylic acids is 1. The third-order valence-corrected chi connectivity index (χ3v) is 5.46. The molecule has 5 aromatic rings. The average molecular weight is 472 g/mol. The van der Waals surface area contributed by atoms with Gasteiger partial charge in [-0.15, -0.1) is 5.10 Å². The quantitative estimate of drug-likeness (QED) is 0.209. The molecule has 35 heavy (non-hydrogen) atoms. The number of pyridine rings is 2. The summed E-state index contributed by atoms with van der Waals surface area (Å²) in [4.78, 5) is 30.4. The van der Waals surface area contributed by atoms with Gasteiger partial charge in [0.05, 0.1) is 37.0 Å². The third kappa shape index (κ3) is 4.84. The van der Waals surface area contributed by atoms with Crippen molar-refractivity contribution in [3.05, 3.63) is 83.8 Å². The van der Waals surface area contributed by atoms with E-state index in [0.717, 1.165) is 16.5 Å². The lowest BCUT2D eigenvalue weighted by molar-refractivity contribution is -0.270. The fraction of sp³-hybridized carbons (Fsp3) is 0.160. The van der Waals surface area contributed by atoms with Crippen LogP contribution in [0.3, 0.4) is 0 Å². The zero-order valence-corrected chi connectivity index (χ0v) is 18.8. The number of fused-ring (bicyclic) bond motifs is 2. The minimum Gasteiger partial charge on any atom is -0.350 e. The Labute approximate surface area is 199 Å². The molecule has 0 spiro atoms. The second-order valence-electron chi connectivity index (χ2n) is 7.76. The molecule has 2 aromatic carbocycles. The van der Waals surface area contributed by atoms with Crippen molar-refractivity contribution in [2.24, 2.45) is 0 Å². The van der Waals surface area contributed by atoms with Gasteiger partial charge in [-0.1, -0.05) is 23.4 Å². The molecule has 0 atom stereocenters. The van der Waals surface area contributed by atoms with E-state index in [1.807, 2.05) is 24.3 Å². The van der Waals surface area contributed by atoms with E-state index < -0.39 is 11.7 Å². The molecule has 3 aromatic heterocycles. The number of nitrogens with one attached hydrogen (secondary N) is 1. The van der Waals surface area contributed by atoms with Gasteiger partial charge in [0, 0.05) is 23.7 Å². The SMILES string of the molecule is COOCCNC(=O)c1ccc(-c2ccc3nnn(Cc4ccc5ncccc5c4)c3n2)cc1F. The topological polar surface area (TPSA) is 104 Å². The first-order valence-electron chi connectivity index (χ1n) is 10.9. The van der Waals surface area contributed by atoms with Gasteiger partial charge in [-0.25, -0.2) is 23.8 Å². The van der Waals surface area contributed by atoms with Crippen LogP contribution in [-0.2, 0) is 16.3 Å². The Bertz CT molecular complexity index is 1520. The number of nitrogens with zero attached hydrogens (tertiary/aromatic N) is 5. The van der Waals surface area contributed by atoms with Crippen LogP contribution in [0.15, 0.2) is 66.9 Å². The first-order valence-corrected chi connectivity index (χ1v) is 10.9. The Kier molecular flexibility index (Phi) is 6.38. The second-order valence-corrected chi connectivity index (χ2v) is 7.76. The fourth-order valence-corrected chi connectivity index (χ4v) is 3.76. The summed E-state index contributed by atoms with van der Waals surface area (Å²) in [5, 5.41) is 12.1. The summed E-state index contributed by atoms with van der Waals surface area (Å²) in [6.07, 6.45) is 1.76. The molecule has 0 bridgehead atoms. The van der Waals surface area contributed by atoms with Crippen molar-refractivity contribution in [3.8, 4) is 11.3 Å². The van der Waals surface area contributed by atoms with Crippen molar-refractivity contribution in [2.45, 2.75) is 6.54 Å². The largest absolute Gasteiger partial charge is 0.350 e. The van der Waals surface area contributed by atoms with Crippen LogP contribution in [0.5, 0.6) is 0 Å². The standard InChI is InChI=1S/C25H21FN6O3/c1-34-35-12-11-28-25(33)19-6-5-18(14-20(19)26)22-8-9-23-24(29-22)32(31-30-23)15-16-4-7-21-17(13-16)3-2-10-27-21/h2-10,13-14H,11-12,15H2,1H3,(H,28,33). The van der Waals surface area contributed by atoms with Gasteiger partial charge >= 0.3 is 0 Å². The summed E-state index contributed by atoms with van der Waals surface area (Å²) >= 11 is 0. The fourth-order valence-electron chi connectivity index (χ4n) is 3.76. The van der Waals surface area contributed by atoms with E-state index >= 15 is 0 Å². The van der Waals surface area contributed by atoms with Crippen molar-refractivity contribution in [1.82, 2.24) is 30.3 Å². The van der Waals surface area contributed by atoms with Crippen LogP contribution in [0.1, 0.15) is 15.9 Å². The van der Waals surface area contributed by atoms with Crippen molar-refractivity contribution < 1.29 is 19.0 Å². The molecule has 0 aliphatic carbocycles. The average Bonchev–Trinajstić information content (AvgIpc) is 3.28. The number of amides is 1. The lowest BCUT2D eigenvalue weighted by Gasteiger charge is -2.08. The summed E-state index contributed by atoms with van der Waals surface area (Å²) in [7, 11) is 1.37. The smallest absolute Gasteiger partial charge is 0.254 e. The van der Waals surface area contributed by atoms with E-state index in [4.69, 9.17) is 0 Å². The Balaban J connectivity index is 1.39. The Hall–Kier alpha value is -4.28. The molecule has 3 heterocycles. The first kappa shape index (κ1) is 22.5. The van der Waals surface area contributed by atoms with Gasteiger partial charge in [-0.3, -0.25) is 9.78 Å². The molecular weight excluding hydrogens is 451 g/mol. The van der Waals surface area contributed by atoms with E-state index in [0.29, 0.717) is 29.0 Å². The van der Waals surface area contributed by atoms with Crippen LogP contribution in [0.2, 0.25) is 0 Å². The minimum atomic E-state index is -0.647. The molecule has 0 aliphatic rings. The summed E-state index contributed by atoms with van der Waals surface area (Å²) in [6.45, 7) is 0.818. The monoisotopic (exact) mass is 472 g/mol. The Morgan fingerprint density at radius 2 is 1.97 bits per heavy atom. The second kappa shape index (κ2) is 9.92. The highest BCUT2D eigenvalue weighted by molar-refractivity contribution is 5.95. The van der Waals surface area contributed by atoms with E-state index in [1.54, 1.807) is 29.1 Å². The highest BCUT2D eigenvalue weighted by atomic mass is 19.1. The van der Waals surface area contributed by atoms with Crippen molar-refractivity contribution in [3.63, 3.8) is 0 Å². The Morgan fingerprint density at radius 3 is 2.83 bits per heavy atom.